The number of rotatable bonds is 51. The second kappa shape index (κ2) is 49.8. The lowest BCUT2D eigenvalue weighted by Gasteiger charge is -2.40. The van der Waals surface area contributed by atoms with Crippen molar-refractivity contribution in [1.82, 2.24) is 0 Å². The minimum absolute atomic E-state index is 0.0643. The Balaban J connectivity index is 2.69. The summed E-state index contributed by atoms with van der Waals surface area (Å²) in [7, 11) is 0. The Kier molecular flexibility index (Phi) is 46.4. The van der Waals surface area contributed by atoms with Crippen LogP contribution in [-0.4, -0.2) is 89.2 Å². The predicted molar refractivity (Wildman–Crippen MR) is 294 cm³/mol. The summed E-state index contributed by atoms with van der Waals surface area (Å²) in [6, 6.07) is 0. The smallest absolute Gasteiger partial charge is 0.335 e. The van der Waals surface area contributed by atoms with Crippen LogP contribution in [0.4, 0.5) is 0 Å². The lowest BCUT2D eigenvalue weighted by atomic mass is 9.98. The molecule has 1 heterocycles. The molecule has 6 unspecified atom stereocenters. The molecule has 0 aromatic carbocycles. The van der Waals surface area contributed by atoms with Crippen LogP contribution in [0.3, 0.4) is 0 Å². The number of aliphatic hydroxyl groups is 2. The van der Waals surface area contributed by atoms with E-state index < -0.39 is 67.3 Å². The molecule has 0 aromatic rings. The number of esters is 3. The maximum absolute atomic E-state index is 13.1. The van der Waals surface area contributed by atoms with E-state index in [1.54, 1.807) is 0 Å². The first-order valence-electron chi connectivity index (χ1n) is 30.0. The van der Waals surface area contributed by atoms with Gasteiger partial charge in [-0.2, -0.15) is 0 Å². The monoisotopic (exact) mass is 1030 g/mol. The van der Waals surface area contributed by atoms with Gasteiger partial charge in [0, 0.05) is 19.3 Å². The Labute approximate surface area is 444 Å². The SMILES string of the molecule is CC/C=C\C/C=C\C/C=C\CCCCCCCC(=O)OCC(COC1OC(C(=O)O)C(O)C(O)C1OC(=O)CCCCCCCCCCCCCCC)OC(=O)CCCCCCCCCCCCCCCCC. The lowest BCUT2D eigenvalue weighted by Crippen LogP contribution is -2.61. The maximum atomic E-state index is 13.1. The van der Waals surface area contributed by atoms with Gasteiger partial charge in [-0.3, -0.25) is 14.4 Å². The first-order chi connectivity index (χ1) is 35.6. The Hall–Kier alpha value is -3.06. The van der Waals surface area contributed by atoms with E-state index in [0.717, 1.165) is 96.3 Å². The first-order valence-corrected chi connectivity index (χ1v) is 30.0. The molecule has 1 saturated heterocycles. The van der Waals surface area contributed by atoms with Crippen LogP contribution in [0.2, 0.25) is 0 Å². The van der Waals surface area contributed by atoms with Crippen molar-refractivity contribution in [1.29, 1.82) is 0 Å². The number of carbonyl (C=O) groups excluding carboxylic acids is 3. The van der Waals surface area contributed by atoms with Crippen molar-refractivity contribution in [3.63, 3.8) is 0 Å². The van der Waals surface area contributed by atoms with E-state index in [1.807, 2.05) is 0 Å². The molecule has 12 nitrogen and oxygen atoms in total. The molecule has 73 heavy (non-hydrogen) atoms. The van der Waals surface area contributed by atoms with Gasteiger partial charge in [-0.05, 0) is 51.4 Å². The van der Waals surface area contributed by atoms with E-state index in [2.05, 4.69) is 57.2 Å². The Morgan fingerprint density at radius 3 is 1.32 bits per heavy atom. The normalized spacial score (nSPS) is 18.5. The third-order valence-electron chi connectivity index (χ3n) is 13.7. The summed E-state index contributed by atoms with van der Waals surface area (Å²) in [5.41, 5.74) is 0. The number of unbranched alkanes of at least 4 members (excludes halogenated alkanes) is 31. The van der Waals surface area contributed by atoms with Crippen molar-refractivity contribution in [3.8, 4) is 0 Å². The molecule has 6 atom stereocenters. The minimum atomic E-state index is -1.90. The van der Waals surface area contributed by atoms with Crippen molar-refractivity contribution < 1.29 is 58.2 Å². The highest BCUT2D eigenvalue weighted by molar-refractivity contribution is 5.74. The summed E-state index contributed by atoms with van der Waals surface area (Å²) in [4.78, 5) is 51.1. The summed E-state index contributed by atoms with van der Waals surface area (Å²) in [5.74, 6) is -3.11. The van der Waals surface area contributed by atoms with Crippen molar-refractivity contribution in [3.05, 3.63) is 36.5 Å². The van der Waals surface area contributed by atoms with E-state index >= 15 is 0 Å². The number of aliphatic hydroxyl groups excluding tert-OH is 2. The summed E-state index contributed by atoms with van der Waals surface area (Å²) >= 11 is 0. The van der Waals surface area contributed by atoms with Crippen LogP contribution in [0.5, 0.6) is 0 Å². The summed E-state index contributed by atoms with van der Waals surface area (Å²) < 4.78 is 28.4. The Morgan fingerprint density at radius 1 is 0.466 bits per heavy atom. The van der Waals surface area contributed by atoms with Gasteiger partial charge in [-0.15, -0.1) is 0 Å². The summed E-state index contributed by atoms with van der Waals surface area (Å²) in [6.07, 6.45) is 45.4. The van der Waals surface area contributed by atoms with E-state index in [0.29, 0.717) is 19.3 Å². The molecule has 424 valence electrons. The summed E-state index contributed by atoms with van der Waals surface area (Å²) in [5, 5.41) is 31.5. The van der Waals surface area contributed by atoms with Crippen LogP contribution < -0.4 is 0 Å². The second-order valence-electron chi connectivity index (χ2n) is 20.6. The van der Waals surface area contributed by atoms with Crippen molar-refractivity contribution in [2.24, 2.45) is 0 Å². The lowest BCUT2D eigenvalue weighted by molar-refractivity contribution is -0.301. The molecule has 1 aliphatic heterocycles. The molecule has 0 amide bonds. The average Bonchev–Trinajstić information content (AvgIpc) is 3.37. The van der Waals surface area contributed by atoms with E-state index in [-0.39, 0.29) is 25.9 Å². The molecule has 0 radical (unpaired) electrons. The minimum Gasteiger partial charge on any atom is -0.479 e. The van der Waals surface area contributed by atoms with Crippen LogP contribution in [0.25, 0.3) is 0 Å². The number of allylic oxidation sites excluding steroid dienone is 6. The van der Waals surface area contributed by atoms with Crippen LogP contribution in [-0.2, 0) is 42.9 Å². The number of ether oxygens (including phenoxy) is 5. The Bertz CT molecular complexity index is 1410. The molecule has 1 fully saturated rings. The van der Waals surface area contributed by atoms with Gasteiger partial charge >= 0.3 is 23.9 Å². The van der Waals surface area contributed by atoms with Crippen LogP contribution >= 0.6 is 0 Å². The first kappa shape index (κ1) is 68.0. The highest BCUT2D eigenvalue weighted by Gasteiger charge is 2.50. The predicted octanol–water partition coefficient (Wildman–Crippen LogP) is 15.2. The second-order valence-corrected chi connectivity index (χ2v) is 20.6. The number of carboxylic acid groups (broad SMARTS) is 1. The van der Waals surface area contributed by atoms with Gasteiger partial charge in [0.2, 0.25) is 0 Å². The standard InChI is InChI=1S/C61H108O12/c1-4-7-10-13-16-19-22-25-27-30-32-35-38-41-44-47-53(62)69-50-52(71-54(63)48-45-42-39-36-34-31-28-26-23-20-17-14-11-8-5-2)51-70-61-59(57(66)56(65)58(73-61)60(67)68)72-55(64)49-46-43-40-37-33-29-24-21-18-15-12-9-6-3/h7,10,16,19,25,27,52,56-59,61,65-66H,4-6,8-9,11-15,17-18,20-24,26,28-51H2,1-3H3,(H,67,68)/b10-7-,19-16-,27-25-. The van der Waals surface area contributed by atoms with Crippen LogP contribution in [0.1, 0.15) is 278 Å². The molecular formula is C61H108O12. The summed E-state index contributed by atoms with van der Waals surface area (Å²) in [6.45, 7) is 5.89. The van der Waals surface area contributed by atoms with Gasteiger partial charge in [0.15, 0.2) is 24.6 Å². The Morgan fingerprint density at radius 2 is 0.863 bits per heavy atom. The molecule has 3 N–H and O–H groups in total. The number of carbonyl (C=O) groups is 4. The molecule has 12 heteroatoms. The largest absolute Gasteiger partial charge is 0.479 e. The van der Waals surface area contributed by atoms with Crippen molar-refractivity contribution in [2.75, 3.05) is 13.2 Å². The van der Waals surface area contributed by atoms with Gasteiger partial charge in [0.25, 0.3) is 0 Å². The van der Waals surface area contributed by atoms with Crippen LogP contribution in [0.15, 0.2) is 36.5 Å². The fourth-order valence-electron chi connectivity index (χ4n) is 9.15. The topological polar surface area (TPSA) is 175 Å². The average molecular weight is 1030 g/mol. The van der Waals surface area contributed by atoms with Gasteiger partial charge in [-0.1, -0.05) is 243 Å². The maximum Gasteiger partial charge on any atom is 0.335 e. The van der Waals surface area contributed by atoms with Crippen LogP contribution in [0, 0.1) is 0 Å². The molecular weight excluding hydrogens is 925 g/mol. The zero-order chi connectivity index (χ0) is 53.3. The van der Waals surface area contributed by atoms with E-state index in [1.165, 1.54) is 122 Å². The molecule has 0 bridgehead atoms. The molecule has 0 aromatic heterocycles. The van der Waals surface area contributed by atoms with E-state index in [9.17, 15) is 34.5 Å². The zero-order valence-corrected chi connectivity index (χ0v) is 46.6. The highest BCUT2D eigenvalue weighted by atomic mass is 16.7. The van der Waals surface area contributed by atoms with Crippen molar-refractivity contribution >= 4 is 23.9 Å². The fraction of sp³-hybridized carbons (Fsp3) is 0.836. The molecule has 1 rings (SSSR count). The van der Waals surface area contributed by atoms with E-state index in [4.69, 9.17) is 23.7 Å². The molecule has 0 aliphatic carbocycles. The number of aliphatic carboxylic acids is 1. The van der Waals surface area contributed by atoms with Crippen molar-refractivity contribution in [2.45, 2.75) is 314 Å². The van der Waals surface area contributed by atoms with Gasteiger partial charge in [0.05, 0.1) is 6.61 Å². The number of hydrogen-bond acceptors (Lipinski definition) is 11. The number of carboxylic acids is 1. The molecule has 1 aliphatic rings. The van der Waals surface area contributed by atoms with Gasteiger partial charge in [0.1, 0.15) is 18.8 Å². The zero-order valence-electron chi connectivity index (χ0n) is 46.6. The molecule has 0 spiro atoms. The third kappa shape index (κ3) is 39.9. The van der Waals surface area contributed by atoms with Gasteiger partial charge < -0.3 is 39.0 Å². The quantitative estimate of drug-likeness (QED) is 0.0228. The van der Waals surface area contributed by atoms with Gasteiger partial charge in [-0.25, -0.2) is 4.79 Å². The third-order valence-corrected chi connectivity index (χ3v) is 13.7. The number of hydrogen-bond donors (Lipinski definition) is 3. The highest BCUT2D eigenvalue weighted by Crippen LogP contribution is 2.27. The molecule has 0 saturated carbocycles. The fourth-order valence-corrected chi connectivity index (χ4v) is 9.15.